The second-order valence-electron chi connectivity index (χ2n) is 4.20. The van der Waals surface area contributed by atoms with Gasteiger partial charge >= 0.3 is 0 Å². The first kappa shape index (κ1) is 10.8. The molecule has 6 nitrogen and oxygen atoms in total. The van der Waals surface area contributed by atoms with Gasteiger partial charge in [-0.2, -0.15) is 5.10 Å². The number of nitrogens with zero attached hydrogens (tertiary/aromatic N) is 4. The van der Waals surface area contributed by atoms with Gasteiger partial charge in [0.15, 0.2) is 11.5 Å². The quantitative estimate of drug-likeness (QED) is 0.717. The van der Waals surface area contributed by atoms with Gasteiger partial charge in [-0.25, -0.2) is 9.97 Å². The van der Waals surface area contributed by atoms with Crippen LogP contribution in [0.5, 0.6) is 0 Å². The lowest BCUT2D eigenvalue weighted by Crippen LogP contribution is -1.92. The van der Waals surface area contributed by atoms with E-state index in [2.05, 4.69) is 25.4 Å². The van der Waals surface area contributed by atoms with Crippen molar-refractivity contribution in [2.75, 3.05) is 12.4 Å². The highest BCUT2D eigenvalue weighted by Crippen LogP contribution is 2.19. The first-order valence-electron chi connectivity index (χ1n) is 5.73. The van der Waals surface area contributed by atoms with E-state index < -0.39 is 0 Å². The molecule has 6 heteroatoms. The maximum atomic E-state index is 4.46. The number of imidazole rings is 1. The minimum absolute atomic E-state index is 0.695. The van der Waals surface area contributed by atoms with E-state index >= 15 is 0 Å². The summed E-state index contributed by atoms with van der Waals surface area (Å²) in [5, 5.41) is 7.39. The molecule has 0 saturated carbocycles. The molecule has 2 N–H and O–H groups in total. The molecule has 3 rings (SSSR count). The largest absolute Gasteiger partial charge is 0.373 e. The van der Waals surface area contributed by atoms with Crippen molar-refractivity contribution in [1.29, 1.82) is 0 Å². The van der Waals surface area contributed by atoms with Gasteiger partial charge in [0.1, 0.15) is 11.5 Å². The molecule has 0 amide bonds. The fourth-order valence-electron chi connectivity index (χ4n) is 1.83. The molecule has 0 saturated heterocycles. The Hall–Kier alpha value is -2.37. The Labute approximate surface area is 104 Å². The monoisotopic (exact) mass is 242 g/mol. The van der Waals surface area contributed by atoms with E-state index in [4.69, 9.17) is 0 Å². The first-order chi connectivity index (χ1) is 8.67. The van der Waals surface area contributed by atoms with Gasteiger partial charge in [0, 0.05) is 19.8 Å². The molecule has 0 fully saturated rings. The molecule has 0 bridgehead atoms. The number of aryl methyl sites for hydroxylation is 2. The number of pyridine rings is 1. The summed E-state index contributed by atoms with van der Waals surface area (Å²) < 4.78 is 1.83. The van der Waals surface area contributed by atoms with E-state index in [1.54, 1.807) is 0 Å². The zero-order valence-electron chi connectivity index (χ0n) is 10.5. The van der Waals surface area contributed by atoms with Crippen LogP contribution in [0.2, 0.25) is 0 Å². The molecule has 3 heterocycles. The van der Waals surface area contributed by atoms with Crippen molar-refractivity contribution in [2.45, 2.75) is 6.92 Å². The highest BCUT2D eigenvalue weighted by atomic mass is 15.3. The maximum Gasteiger partial charge on any atom is 0.180 e. The molecule has 0 spiro atoms. The third-order valence-corrected chi connectivity index (χ3v) is 2.96. The molecule has 0 radical (unpaired) electrons. The van der Waals surface area contributed by atoms with Crippen LogP contribution < -0.4 is 5.32 Å². The van der Waals surface area contributed by atoms with E-state index in [-0.39, 0.29) is 0 Å². The summed E-state index contributed by atoms with van der Waals surface area (Å²) in [4.78, 5) is 12.1. The van der Waals surface area contributed by atoms with E-state index in [1.807, 2.05) is 43.9 Å². The van der Waals surface area contributed by atoms with Crippen LogP contribution in [0.1, 0.15) is 5.69 Å². The molecule has 0 atom stereocenters. The lowest BCUT2D eigenvalue weighted by atomic mass is 10.3. The number of aromatic nitrogens is 5. The van der Waals surface area contributed by atoms with Gasteiger partial charge in [0.25, 0.3) is 0 Å². The van der Waals surface area contributed by atoms with Crippen molar-refractivity contribution < 1.29 is 0 Å². The summed E-state index contributed by atoms with van der Waals surface area (Å²) in [5.74, 6) is 1.55. The minimum atomic E-state index is 0.695. The number of hydrogen-bond donors (Lipinski definition) is 2. The molecule has 0 aliphatic carbocycles. The smallest absolute Gasteiger partial charge is 0.180 e. The Morgan fingerprint density at radius 1 is 1.28 bits per heavy atom. The third kappa shape index (κ3) is 1.62. The lowest BCUT2D eigenvalue weighted by Gasteiger charge is -1.95. The summed E-state index contributed by atoms with van der Waals surface area (Å²) in [7, 11) is 3.75. The van der Waals surface area contributed by atoms with Crippen LogP contribution in [-0.4, -0.2) is 31.8 Å². The van der Waals surface area contributed by atoms with E-state index in [0.29, 0.717) is 5.65 Å². The Bertz CT molecular complexity index is 689. The first-order valence-corrected chi connectivity index (χ1v) is 5.73. The van der Waals surface area contributed by atoms with E-state index in [1.165, 1.54) is 0 Å². The molecular formula is C12H14N6. The Morgan fingerprint density at radius 2 is 2.11 bits per heavy atom. The number of hydrogen-bond acceptors (Lipinski definition) is 4. The normalized spacial score (nSPS) is 11.1. The van der Waals surface area contributed by atoms with Crippen LogP contribution in [0.4, 0.5) is 5.82 Å². The SMILES string of the molecule is CNc1ccc2[nH]c(-c3cc(C)n(C)n3)nc2n1. The third-order valence-electron chi connectivity index (χ3n) is 2.96. The number of aromatic amines is 1. The lowest BCUT2D eigenvalue weighted by molar-refractivity contribution is 0.741. The van der Waals surface area contributed by atoms with E-state index in [9.17, 15) is 0 Å². The van der Waals surface area contributed by atoms with Crippen molar-refractivity contribution in [3.63, 3.8) is 0 Å². The molecule has 0 aromatic carbocycles. The van der Waals surface area contributed by atoms with Gasteiger partial charge in [-0.15, -0.1) is 0 Å². The van der Waals surface area contributed by atoms with Crippen LogP contribution in [0, 0.1) is 6.92 Å². The molecule has 0 unspecified atom stereocenters. The van der Waals surface area contributed by atoms with Crippen LogP contribution in [0.3, 0.4) is 0 Å². The minimum Gasteiger partial charge on any atom is -0.373 e. The van der Waals surface area contributed by atoms with Crippen molar-refractivity contribution >= 4 is 17.0 Å². The maximum absolute atomic E-state index is 4.46. The highest BCUT2D eigenvalue weighted by Gasteiger charge is 2.10. The second-order valence-corrected chi connectivity index (χ2v) is 4.20. The molecule has 92 valence electrons. The van der Waals surface area contributed by atoms with Crippen LogP contribution in [-0.2, 0) is 7.05 Å². The van der Waals surface area contributed by atoms with E-state index in [0.717, 1.165) is 28.5 Å². The Kier molecular flexibility index (Phi) is 2.29. The van der Waals surface area contributed by atoms with Crippen molar-refractivity contribution in [1.82, 2.24) is 24.7 Å². The number of H-pyrrole nitrogens is 1. The van der Waals surface area contributed by atoms with Gasteiger partial charge in [0.2, 0.25) is 0 Å². The van der Waals surface area contributed by atoms with Crippen molar-refractivity contribution in [2.24, 2.45) is 7.05 Å². The number of rotatable bonds is 2. The summed E-state index contributed by atoms with van der Waals surface area (Å²) in [6.45, 7) is 2.01. The Balaban J connectivity index is 2.12. The average molecular weight is 242 g/mol. The molecular weight excluding hydrogens is 228 g/mol. The van der Waals surface area contributed by atoms with Crippen molar-refractivity contribution in [3.05, 3.63) is 23.9 Å². The average Bonchev–Trinajstić information content (AvgIpc) is 2.92. The van der Waals surface area contributed by atoms with Gasteiger partial charge in [-0.3, -0.25) is 4.68 Å². The number of anilines is 1. The molecule has 0 aliphatic rings. The molecule has 3 aromatic heterocycles. The predicted octanol–water partition coefficient (Wildman–Crippen LogP) is 1.71. The standard InChI is InChI=1S/C12H14N6/c1-7-6-9(17-18(7)3)12-14-8-4-5-10(13-2)15-11(8)16-12/h4-6H,1-3H3,(H2,13,14,15,16). The summed E-state index contributed by atoms with van der Waals surface area (Å²) in [6, 6.07) is 5.87. The van der Waals surface area contributed by atoms with Crippen LogP contribution in [0.15, 0.2) is 18.2 Å². The van der Waals surface area contributed by atoms with Crippen LogP contribution in [0.25, 0.3) is 22.7 Å². The van der Waals surface area contributed by atoms with Gasteiger partial charge < -0.3 is 10.3 Å². The fraction of sp³-hybridized carbons (Fsp3) is 0.250. The predicted molar refractivity (Wildman–Crippen MR) is 70.4 cm³/mol. The van der Waals surface area contributed by atoms with Crippen LogP contribution >= 0.6 is 0 Å². The van der Waals surface area contributed by atoms with Crippen molar-refractivity contribution in [3.8, 4) is 11.5 Å². The van der Waals surface area contributed by atoms with Gasteiger partial charge in [-0.1, -0.05) is 0 Å². The topological polar surface area (TPSA) is 71.4 Å². The highest BCUT2D eigenvalue weighted by molar-refractivity contribution is 5.76. The zero-order chi connectivity index (χ0) is 12.7. The second kappa shape index (κ2) is 3.83. The number of nitrogens with one attached hydrogen (secondary N) is 2. The Morgan fingerprint density at radius 3 is 2.78 bits per heavy atom. The zero-order valence-corrected chi connectivity index (χ0v) is 10.5. The summed E-state index contributed by atoms with van der Waals surface area (Å²) in [6.07, 6.45) is 0. The molecule has 0 aliphatic heterocycles. The van der Waals surface area contributed by atoms with Gasteiger partial charge in [-0.05, 0) is 25.1 Å². The molecule has 3 aromatic rings. The summed E-state index contributed by atoms with van der Waals surface area (Å²) in [5.41, 5.74) is 3.53. The fourth-order valence-corrected chi connectivity index (χ4v) is 1.83. The summed E-state index contributed by atoms with van der Waals surface area (Å²) >= 11 is 0. The molecule has 18 heavy (non-hydrogen) atoms. The van der Waals surface area contributed by atoms with Gasteiger partial charge in [0.05, 0.1) is 5.52 Å². The number of fused-ring (bicyclic) bond motifs is 1.